The van der Waals surface area contributed by atoms with Crippen molar-refractivity contribution in [3.05, 3.63) is 42.0 Å². The van der Waals surface area contributed by atoms with Crippen LogP contribution in [0.15, 0.2) is 36.4 Å². The number of carbonyl (C=O) groups is 1. The number of hydrogen-bond acceptors (Lipinski definition) is 2. The van der Waals surface area contributed by atoms with Gasteiger partial charge in [-0.25, -0.2) is 0 Å². The minimum absolute atomic E-state index is 0.0573. The Bertz CT molecular complexity index is 515. The predicted octanol–water partition coefficient (Wildman–Crippen LogP) is 4.32. The molecule has 0 saturated heterocycles. The maximum atomic E-state index is 12.2. The van der Waals surface area contributed by atoms with E-state index in [4.69, 9.17) is 4.74 Å². The lowest BCUT2D eigenvalue weighted by Crippen LogP contribution is -2.23. The van der Waals surface area contributed by atoms with Crippen LogP contribution in [0, 0.1) is 17.8 Å². The Balaban J connectivity index is 1.63. The highest BCUT2D eigenvalue weighted by atomic mass is 16.5. The monoisotopic (exact) mass is 270 g/mol. The van der Waals surface area contributed by atoms with Crippen LogP contribution in [0.1, 0.15) is 44.6 Å². The summed E-state index contributed by atoms with van der Waals surface area (Å²) in [6.45, 7) is 4.39. The molecule has 20 heavy (non-hydrogen) atoms. The van der Waals surface area contributed by atoms with Crippen LogP contribution in [0.4, 0.5) is 0 Å². The Morgan fingerprint density at radius 1 is 1.25 bits per heavy atom. The van der Waals surface area contributed by atoms with E-state index >= 15 is 0 Å². The third-order valence-electron chi connectivity index (χ3n) is 4.86. The van der Waals surface area contributed by atoms with Crippen LogP contribution in [-0.4, -0.2) is 5.97 Å². The number of esters is 1. The van der Waals surface area contributed by atoms with Gasteiger partial charge in [-0.05, 0) is 54.7 Å². The molecule has 2 aliphatic carbocycles. The first-order valence-corrected chi connectivity index (χ1v) is 7.67. The highest BCUT2D eigenvalue weighted by molar-refractivity contribution is 5.76. The van der Waals surface area contributed by atoms with Crippen molar-refractivity contribution >= 4 is 5.97 Å². The highest BCUT2D eigenvalue weighted by Gasteiger charge is 2.40. The number of ether oxygens (including phenoxy) is 1. The van der Waals surface area contributed by atoms with Crippen LogP contribution in [0.5, 0.6) is 5.75 Å². The molecule has 0 amide bonds. The number of allylic oxidation sites excluding steroid dienone is 2. The van der Waals surface area contributed by atoms with Gasteiger partial charge in [0, 0.05) is 0 Å². The SMILES string of the molecule is CCC(C)c1ccc(OC(=O)C2CC3C=CC2C3)cc1. The van der Waals surface area contributed by atoms with E-state index in [9.17, 15) is 4.79 Å². The Labute approximate surface area is 120 Å². The van der Waals surface area contributed by atoms with Crippen LogP contribution < -0.4 is 4.74 Å². The van der Waals surface area contributed by atoms with Crippen LogP contribution in [0.2, 0.25) is 0 Å². The van der Waals surface area contributed by atoms with Gasteiger partial charge in [0.15, 0.2) is 0 Å². The summed E-state index contributed by atoms with van der Waals surface area (Å²) in [5.41, 5.74) is 1.30. The lowest BCUT2D eigenvalue weighted by Gasteiger charge is -2.17. The Morgan fingerprint density at radius 2 is 2.00 bits per heavy atom. The molecule has 2 nitrogen and oxygen atoms in total. The fraction of sp³-hybridized carbons (Fsp3) is 0.500. The van der Waals surface area contributed by atoms with Gasteiger partial charge in [-0.2, -0.15) is 0 Å². The van der Waals surface area contributed by atoms with E-state index in [0.29, 0.717) is 23.5 Å². The molecule has 2 bridgehead atoms. The second-order valence-corrected chi connectivity index (χ2v) is 6.19. The Kier molecular flexibility index (Phi) is 3.64. The van der Waals surface area contributed by atoms with E-state index in [2.05, 4.69) is 38.1 Å². The second kappa shape index (κ2) is 5.43. The minimum Gasteiger partial charge on any atom is -0.426 e. The van der Waals surface area contributed by atoms with Crippen molar-refractivity contribution in [2.24, 2.45) is 17.8 Å². The van der Waals surface area contributed by atoms with Crippen molar-refractivity contribution in [1.82, 2.24) is 0 Å². The first kappa shape index (κ1) is 13.4. The van der Waals surface area contributed by atoms with Gasteiger partial charge in [0.05, 0.1) is 5.92 Å². The molecule has 1 aromatic rings. The molecule has 0 aromatic heterocycles. The van der Waals surface area contributed by atoms with Gasteiger partial charge >= 0.3 is 5.97 Å². The Morgan fingerprint density at radius 3 is 2.55 bits per heavy atom. The molecule has 0 aliphatic heterocycles. The van der Waals surface area contributed by atoms with E-state index in [-0.39, 0.29) is 11.9 Å². The Hall–Kier alpha value is -1.57. The van der Waals surface area contributed by atoms with Crippen LogP contribution in [-0.2, 0) is 4.79 Å². The molecule has 1 aromatic carbocycles. The molecule has 0 N–H and O–H groups in total. The van der Waals surface area contributed by atoms with Crippen LogP contribution in [0.3, 0.4) is 0 Å². The molecule has 3 rings (SSSR count). The minimum atomic E-state index is -0.0573. The summed E-state index contributed by atoms with van der Waals surface area (Å²) in [5.74, 6) is 2.25. The number of rotatable bonds is 4. The first-order chi connectivity index (χ1) is 9.67. The lowest BCUT2D eigenvalue weighted by molar-refractivity contribution is -0.139. The van der Waals surface area contributed by atoms with E-state index in [1.165, 1.54) is 5.56 Å². The first-order valence-electron chi connectivity index (χ1n) is 7.67. The van der Waals surface area contributed by atoms with E-state index in [1.807, 2.05) is 12.1 Å². The predicted molar refractivity (Wildman–Crippen MR) is 79.6 cm³/mol. The van der Waals surface area contributed by atoms with Crippen molar-refractivity contribution in [2.75, 3.05) is 0 Å². The fourth-order valence-corrected chi connectivity index (χ4v) is 3.34. The zero-order valence-electron chi connectivity index (χ0n) is 12.2. The summed E-state index contributed by atoms with van der Waals surface area (Å²) >= 11 is 0. The van der Waals surface area contributed by atoms with Crippen LogP contribution in [0.25, 0.3) is 0 Å². The standard InChI is InChI=1S/C18H22O2/c1-3-12(2)14-6-8-16(9-7-14)20-18(19)17-11-13-4-5-15(17)10-13/h4-9,12-13,15,17H,3,10-11H2,1-2H3. The van der Waals surface area contributed by atoms with Crippen molar-refractivity contribution in [1.29, 1.82) is 0 Å². The number of hydrogen-bond donors (Lipinski definition) is 0. The smallest absolute Gasteiger partial charge is 0.314 e. The van der Waals surface area contributed by atoms with Gasteiger partial charge in [0.2, 0.25) is 0 Å². The summed E-state index contributed by atoms with van der Waals surface area (Å²) in [7, 11) is 0. The van der Waals surface area contributed by atoms with Crippen LogP contribution >= 0.6 is 0 Å². The van der Waals surface area contributed by atoms with E-state index in [0.717, 1.165) is 19.3 Å². The average Bonchev–Trinajstić information content (AvgIpc) is 3.10. The van der Waals surface area contributed by atoms with E-state index in [1.54, 1.807) is 0 Å². The zero-order chi connectivity index (χ0) is 14.1. The third-order valence-corrected chi connectivity index (χ3v) is 4.86. The molecule has 0 heterocycles. The van der Waals surface area contributed by atoms with Crippen molar-refractivity contribution in [3.63, 3.8) is 0 Å². The lowest BCUT2D eigenvalue weighted by atomic mass is 9.94. The molecule has 4 atom stereocenters. The molecular weight excluding hydrogens is 248 g/mol. The molecule has 0 spiro atoms. The normalized spacial score (nSPS) is 28.6. The summed E-state index contributed by atoms with van der Waals surface area (Å²) in [5, 5.41) is 0. The third kappa shape index (κ3) is 2.52. The molecule has 106 valence electrons. The second-order valence-electron chi connectivity index (χ2n) is 6.19. The maximum Gasteiger partial charge on any atom is 0.314 e. The molecule has 1 fully saturated rings. The molecule has 4 unspecified atom stereocenters. The molecular formula is C18H22O2. The maximum absolute atomic E-state index is 12.2. The topological polar surface area (TPSA) is 26.3 Å². The summed E-state index contributed by atoms with van der Waals surface area (Å²) in [4.78, 5) is 12.2. The highest BCUT2D eigenvalue weighted by Crippen LogP contribution is 2.43. The van der Waals surface area contributed by atoms with Gasteiger partial charge in [-0.15, -0.1) is 0 Å². The summed E-state index contributed by atoms with van der Waals surface area (Å²) in [6, 6.07) is 7.97. The fourth-order valence-electron chi connectivity index (χ4n) is 3.34. The summed E-state index contributed by atoms with van der Waals surface area (Å²) < 4.78 is 5.55. The van der Waals surface area contributed by atoms with Crippen molar-refractivity contribution < 1.29 is 9.53 Å². The number of benzene rings is 1. The molecule has 0 radical (unpaired) electrons. The molecule has 1 saturated carbocycles. The van der Waals surface area contributed by atoms with Gasteiger partial charge in [-0.1, -0.05) is 38.1 Å². The molecule has 2 aliphatic rings. The quantitative estimate of drug-likeness (QED) is 0.463. The van der Waals surface area contributed by atoms with Gasteiger partial charge in [-0.3, -0.25) is 4.79 Å². The van der Waals surface area contributed by atoms with Gasteiger partial charge < -0.3 is 4.74 Å². The average molecular weight is 270 g/mol. The zero-order valence-corrected chi connectivity index (χ0v) is 12.2. The van der Waals surface area contributed by atoms with E-state index < -0.39 is 0 Å². The number of fused-ring (bicyclic) bond motifs is 2. The summed E-state index contributed by atoms with van der Waals surface area (Å²) in [6.07, 6.45) is 7.65. The van der Waals surface area contributed by atoms with Gasteiger partial charge in [0.25, 0.3) is 0 Å². The molecule has 2 heteroatoms. The largest absolute Gasteiger partial charge is 0.426 e. The van der Waals surface area contributed by atoms with Gasteiger partial charge in [0.1, 0.15) is 5.75 Å². The van der Waals surface area contributed by atoms with Crippen molar-refractivity contribution in [2.45, 2.75) is 39.0 Å². The number of carbonyl (C=O) groups excluding carboxylic acids is 1. The van der Waals surface area contributed by atoms with Crippen molar-refractivity contribution in [3.8, 4) is 5.75 Å².